The predicted octanol–water partition coefficient (Wildman–Crippen LogP) is 1.74. The summed E-state index contributed by atoms with van der Waals surface area (Å²) in [7, 11) is 8.15. The van der Waals surface area contributed by atoms with Gasteiger partial charge in [0.2, 0.25) is 6.54 Å². The summed E-state index contributed by atoms with van der Waals surface area (Å²) >= 11 is 0. The van der Waals surface area contributed by atoms with E-state index in [0.29, 0.717) is 17.8 Å². The van der Waals surface area contributed by atoms with E-state index in [4.69, 9.17) is 11.3 Å². The molecule has 8 nitrogen and oxygen atoms in total. The average Bonchev–Trinajstić information content (AvgIpc) is 3.52. The lowest BCUT2D eigenvalue weighted by Gasteiger charge is -2.72. The van der Waals surface area contributed by atoms with E-state index in [1.54, 1.807) is 0 Å². The Kier molecular flexibility index (Phi) is 12.7. The van der Waals surface area contributed by atoms with Gasteiger partial charge >= 0.3 is 11.9 Å². The second kappa shape index (κ2) is 16.0. The van der Waals surface area contributed by atoms with E-state index in [9.17, 15) is 14.7 Å². The molecule has 56 heavy (non-hydrogen) atoms. The van der Waals surface area contributed by atoms with Crippen LogP contribution in [0.1, 0.15) is 98.8 Å². The first-order chi connectivity index (χ1) is 25.4. The summed E-state index contributed by atoms with van der Waals surface area (Å²) < 4.78 is 10.5. The molecule has 0 spiro atoms. The van der Waals surface area contributed by atoms with E-state index in [1.165, 1.54) is 5.57 Å². The van der Waals surface area contributed by atoms with E-state index >= 15 is 0 Å². The lowest BCUT2D eigenvalue weighted by Crippen LogP contribution is -3.00. The van der Waals surface area contributed by atoms with Gasteiger partial charge in [-0.15, -0.1) is 0 Å². The van der Waals surface area contributed by atoms with Gasteiger partial charge in [0.25, 0.3) is 0 Å². The monoisotopic (exact) mass is 898 g/mol. The zero-order chi connectivity index (χ0) is 39.0. The molecule has 0 bridgehead atoms. The van der Waals surface area contributed by atoms with Gasteiger partial charge in [-0.3, -0.25) is 4.79 Å². The third-order valence-electron chi connectivity index (χ3n) is 17.1. The summed E-state index contributed by atoms with van der Waals surface area (Å²) in [4.78, 5) is 31.0. The summed E-state index contributed by atoms with van der Waals surface area (Å²) in [5.74, 6) is 0.977. The summed E-state index contributed by atoms with van der Waals surface area (Å²) in [5.41, 5.74) is 2.98. The number of rotatable bonds is 9. The highest BCUT2D eigenvalue weighted by Gasteiger charge is 2.72. The number of pyridine rings is 2. The number of aromatic nitrogens is 2. The van der Waals surface area contributed by atoms with Crippen LogP contribution in [0.2, 0.25) is 0 Å². The SMILES string of the molecule is C=C(C[n+]1ccc(N(C)C)cc1)[C@@H]1CC[C@]2(C(=O)O)CC[C@]3(C)[C@H](CC[C@@H]4[C@@]5(C)CC[C@H](OC(=O)C[n+]6ccc(N(C)C)cc6)C(C)(C)[C@@H]5CC[C@]43C)[C@@H]12.[Br-].[Br-]. The van der Waals surface area contributed by atoms with Crippen LogP contribution in [0.25, 0.3) is 0 Å². The first-order valence-corrected chi connectivity index (χ1v) is 20.8. The first kappa shape index (κ1) is 44.6. The van der Waals surface area contributed by atoms with E-state index < -0.39 is 11.4 Å². The van der Waals surface area contributed by atoms with Crippen molar-refractivity contribution in [3.63, 3.8) is 0 Å². The molecule has 310 valence electrons. The minimum Gasteiger partial charge on any atom is -1.00 e. The number of nitrogens with zero attached hydrogens (tertiary/aromatic N) is 4. The second-order valence-corrected chi connectivity index (χ2v) is 20.0. The first-order valence-electron chi connectivity index (χ1n) is 20.8. The third kappa shape index (κ3) is 7.06. The van der Waals surface area contributed by atoms with Crippen LogP contribution in [-0.4, -0.2) is 51.3 Å². The predicted molar refractivity (Wildman–Crippen MR) is 213 cm³/mol. The molecule has 5 saturated carbocycles. The number of halogens is 2. The zero-order valence-electron chi connectivity index (χ0n) is 35.5. The molecule has 0 aliphatic heterocycles. The lowest BCUT2D eigenvalue weighted by molar-refractivity contribution is -0.689. The maximum Gasteiger partial charge on any atom is 0.372 e. The number of hydrogen-bond donors (Lipinski definition) is 1. The lowest BCUT2D eigenvalue weighted by atomic mass is 9.32. The fourth-order valence-electron chi connectivity index (χ4n) is 14.0. The molecule has 0 saturated heterocycles. The summed E-state index contributed by atoms with van der Waals surface area (Å²) in [6, 6.07) is 8.34. The molecule has 2 aromatic heterocycles. The summed E-state index contributed by atoms with van der Waals surface area (Å²) in [5, 5.41) is 11.0. The van der Waals surface area contributed by atoms with Crippen LogP contribution < -0.4 is 52.9 Å². The van der Waals surface area contributed by atoms with Gasteiger partial charge in [0.05, 0.1) is 5.41 Å². The quantitative estimate of drug-likeness (QED) is 0.235. The Morgan fingerprint density at radius 1 is 0.732 bits per heavy atom. The van der Waals surface area contributed by atoms with Gasteiger partial charge in [-0.25, -0.2) is 9.36 Å². The molecule has 0 amide bonds. The van der Waals surface area contributed by atoms with Crippen molar-refractivity contribution in [2.24, 2.45) is 56.7 Å². The van der Waals surface area contributed by atoms with E-state index in [0.717, 1.165) is 82.1 Å². The number of carbonyl (C=O) groups is 2. The van der Waals surface area contributed by atoms with Gasteiger partial charge in [-0.05, 0) is 116 Å². The zero-order valence-corrected chi connectivity index (χ0v) is 38.7. The van der Waals surface area contributed by atoms with Gasteiger partial charge < -0.3 is 53.6 Å². The highest BCUT2D eigenvalue weighted by atomic mass is 79.9. The van der Waals surface area contributed by atoms with Gasteiger partial charge in [0, 0.05) is 69.2 Å². The van der Waals surface area contributed by atoms with Crippen LogP contribution in [0.4, 0.5) is 11.4 Å². The molecule has 1 N–H and O–H groups in total. The number of carboxylic acids is 1. The molecule has 10 atom stereocenters. The number of allylic oxidation sites excluding steroid dienone is 1. The van der Waals surface area contributed by atoms with Crippen molar-refractivity contribution in [1.82, 2.24) is 0 Å². The molecular formula is C46H68Br2N4O4. The smallest absolute Gasteiger partial charge is 0.372 e. The molecule has 7 rings (SSSR count). The molecule has 0 radical (unpaired) electrons. The number of aliphatic carboxylic acids is 1. The van der Waals surface area contributed by atoms with Crippen molar-refractivity contribution in [3.8, 4) is 0 Å². The van der Waals surface area contributed by atoms with E-state index in [1.807, 2.05) is 43.2 Å². The fourth-order valence-corrected chi connectivity index (χ4v) is 14.0. The number of anilines is 2. The third-order valence-corrected chi connectivity index (χ3v) is 17.1. The second-order valence-electron chi connectivity index (χ2n) is 20.0. The van der Waals surface area contributed by atoms with Gasteiger partial charge in [-0.2, -0.15) is 4.57 Å². The molecule has 0 unspecified atom stereocenters. The Labute approximate surface area is 358 Å². The Morgan fingerprint density at radius 2 is 1.30 bits per heavy atom. The van der Waals surface area contributed by atoms with E-state index in [2.05, 4.69) is 87.6 Å². The number of carbonyl (C=O) groups excluding carboxylic acids is 1. The van der Waals surface area contributed by atoms with Crippen LogP contribution in [0.5, 0.6) is 0 Å². The number of ether oxygens (including phenoxy) is 1. The summed E-state index contributed by atoms with van der Waals surface area (Å²) in [6.45, 7) is 18.2. The molecule has 0 aromatic carbocycles. The van der Waals surface area contributed by atoms with Crippen LogP contribution in [0, 0.1) is 56.7 Å². The highest BCUT2D eigenvalue weighted by Crippen LogP contribution is 2.77. The topological polar surface area (TPSA) is 77.8 Å². The molecule has 5 aliphatic carbocycles. The molecular weight excluding hydrogens is 832 g/mol. The van der Waals surface area contributed by atoms with Gasteiger partial charge in [0.1, 0.15) is 6.10 Å². The van der Waals surface area contributed by atoms with Crippen molar-refractivity contribution >= 4 is 23.3 Å². The van der Waals surface area contributed by atoms with Crippen LogP contribution in [0.15, 0.2) is 61.2 Å². The number of esters is 1. The number of fused-ring (bicyclic) bond motifs is 7. The summed E-state index contributed by atoms with van der Waals surface area (Å²) in [6.07, 6.45) is 18.0. The highest BCUT2D eigenvalue weighted by molar-refractivity contribution is 5.76. The Morgan fingerprint density at radius 3 is 1.86 bits per heavy atom. The van der Waals surface area contributed by atoms with Gasteiger partial charge in [-0.1, -0.05) is 41.2 Å². The van der Waals surface area contributed by atoms with Crippen LogP contribution >= 0.6 is 0 Å². The number of hydrogen-bond acceptors (Lipinski definition) is 5. The standard InChI is InChI=1S/C46H67N4O4.2BrH/c1-31(29-49-25-16-32(17-26-49)47(7)8)34-13-22-46(41(52)53)24-23-44(5)35(40(34)46)11-12-37-43(4)20-15-38(42(2,3)36(43)14-21-45(37,44)6)54-39(51)30-50-27-18-33(19-28-50)48(9)10;;/h16-19,25-28,34-38,40H,1,11-15,20-24,29-30H2,2-10H3;2*1H/q+1;;/p-1/t34-,35+,36-,37+,38-,40+,43-,44+,45+,46-;;/m0../s1. The maximum absolute atomic E-state index is 13.4. The Bertz CT molecular complexity index is 1770. The fraction of sp³-hybridized carbons (Fsp3) is 0.696. The Hall–Kier alpha value is -2.46. The van der Waals surface area contributed by atoms with Crippen LogP contribution in [-0.2, 0) is 27.4 Å². The molecule has 5 fully saturated rings. The molecule has 2 aromatic rings. The minimum atomic E-state index is -0.655. The molecule has 2 heterocycles. The van der Waals surface area contributed by atoms with Crippen molar-refractivity contribution < 1.29 is 62.5 Å². The molecule has 5 aliphatic rings. The van der Waals surface area contributed by atoms with Gasteiger partial charge in [0.15, 0.2) is 31.3 Å². The normalized spacial score (nSPS) is 36.5. The van der Waals surface area contributed by atoms with E-state index in [-0.39, 0.29) is 86.1 Å². The average molecular weight is 901 g/mol. The van der Waals surface area contributed by atoms with Crippen molar-refractivity contribution in [2.45, 2.75) is 118 Å². The minimum absolute atomic E-state index is 0. The Balaban J connectivity index is 0.00000300. The van der Waals surface area contributed by atoms with Crippen molar-refractivity contribution in [3.05, 3.63) is 61.2 Å². The molecule has 10 heteroatoms. The van der Waals surface area contributed by atoms with Crippen molar-refractivity contribution in [2.75, 3.05) is 38.0 Å². The van der Waals surface area contributed by atoms with Crippen LogP contribution in [0.3, 0.4) is 0 Å². The van der Waals surface area contributed by atoms with Crippen molar-refractivity contribution in [1.29, 1.82) is 0 Å². The number of carboxylic acid groups (broad SMARTS) is 1. The maximum atomic E-state index is 13.4. The largest absolute Gasteiger partial charge is 1.00 e.